The standard InChI is InChI=1S/C21H19N2O2S/c24-19(14-16-8-3-1-4-9-16)23-20(18-12-7-13-26-18)21(25)22-15-17-10-5-2-6-11-17/h1-14,20H,15H2,(H,22,25)(H,23,24)/t20-/m1/s1. The van der Waals surface area contributed by atoms with Gasteiger partial charge in [0.25, 0.3) is 0 Å². The number of hydrogen-bond donors (Lipinski definition) is 2. The van der Waals surface area contributed by atoms with Gasteiger partial charge in [-0.15, -0.1) is 11.3 Å². The minimum Gasteiger partial charge on any atom is -0.350 e. The van der Waals surface area contributed by atoms with Crippen LogP contribution in [0.1, 0.15) is 22.0 Å². The van der Waals surface area contributed by atoms with Crippen molar-refractivity contribution >= 4 is 23.2 Å². The normalized spacial score (nSPS) is 11.5. The predicted octanol–water partition coefficient (Wildman–Crippen LogP) is 3.47. The monoisotopic (exact) mass is 363 g/mol. The Balaban J connectivity index is 1.65. The Bertz CT molecular complexity index is 833. The van der Waals surface area contributed by atoms with Gasteiger partial charge in [-0.25, -0.2) is 0 Å². The molecule has 131 valence electrons. The molecule has 0 aliphatic rings. The first-order valence-electron chi connectivity index (χ1n) is 8.28. The molecule has 1 heterocycles. The van der Waals surface area contributed by atoms with Gasteiger partial charge in [0.2, 0.25) is 11.8 Å². The van der Waals surface area contributed by atoms with Crippen LogP contribution < -0.4 is 10.6 Å². The van der Waals surface area contributed by atoms with E-state index in [2.05, 4.69) is 10.6 Å². The second-order valence-corrected chi connectivity index (χ2v) is 6.69. The van der Waals surface area contributed by atoms with Gasteiger partial charge < -0.3 is 10.6 Å². The van der Waals surface area contributed by atoms with E-state index in [-0.39, 0.29) is 11.8 Å². The summed E-state index contributed by atoms with van der Waals surface area (Å²) in [6.07, 6.45) is 1.49. The molecule has 5 heteroatoms. The van der Waals surface area contributed by atoms with Crippen LogP contribution in [-0.4, -0.2) is 11.8 Å². The molecule has 0 spiro atoms. The van der Waals surface area contributed by atoms with Gasteiger partial charge >= 0.3 is 0 Å². The van der Waals surface area contributed by atoms with Crippen molar-refractivity contribution in [3.05, 3.63) is 101 Å². The minimum atomic E-state index is -0.717. The van der Waals surface area contributed by atoms with Crippen molar-refractivity contribution in [2.24, 2.45) is 0 Å². The first kappa shape index (κ1) is 17.9. The molecule has 3 rings (SSSR count). The first-order valence-corrected chi connectivity index (χ1v) is 9.15. The number of carbonyl (C=O) groups is 2. The lowest BCUT2D eigenvalue weighted by molar-refractivity contribution is -0.127. The van der Waals surface area contributed by atoms with Crippen molar-refractivity contribution in [1.29, 1.82) is 0 Å². The molecule has 0 saturated carbocycles. The van der Waals surface area contributed by atoms with E-state index in [9.17, 15) is 9.59 Å². The van der Waals surface area contributed by atoms with E-state index in [1.807, 2.05) is 78.2 Å². The summed E-state index contributed by atoms with van der Waals surface area (Å²) in [4.78, 5) is 25.8. The highest BCUT2D eigenvalue weighted by Gasteiger charge is 2.23. The molecular weight excluding hydrogens is 344 g/mol. The predicted molar refractivity (Wildman–Crippen MR) is 103 cm³/mol. The SMILES string of the molecule is O=C([CH]c1ccccc1)N[C@@H](C(=O)NCc1ccccc1)c1cccs1. The van der Waals surface area contributed by atoms with Crippen LogP contribution in [-0.2, 0) is 16.1 Å². The molecule has 0 unspecified atom stereocenters. The molecule has 0 fully saturated rings. The van der Waals surface area contributed by atoms with Gasteiger partial charge in [-0.2, -0.15) is 0 Å². The molecule has 2 amide bonds. The van der Waals surface area contributed by atoms with Crippen LogP contribution in [0.5, 0.6) is 0 Å². The Morgan fingerprint density at radius 2 is 1.62 bits per heavy atom. The van der Waals surface area contributed by atoms with E-state index in [0.717, 1.165) is 16.0 Å². The molecule has 1 aromatic heterocycles. The average molecular weight is 363 g/mol. The highest BCUT2D eigenvalue weighted by molar-refractivity contribution is 7.10. The van der Waals surface area contributed by atoms with E-state index >= 15 is 0 Å². The Morgan fingerprint density at radius 1 is 0.923 bits per heavy atom. The fourth-order valence-corrected chi connectivity index (χ4v) is 3.27. The fraction of sp³-hybridized carbons (Fsp3) is 0.0952. The van der Waals surface area contributed by atoms with Crippen LogP contribution in [0.3, 0.4) is 0 Å². The average Bonchev–Trinajstić information content (AvgIpc) is 3.20. The maximum absolute atomic E-state index is 12.7. The Labute approximate surface area is 156 Å². The van der Waals surface area contributed by atoms with Crippen molar-refractivity contribution in [1.82, 2.24) is 10.6 Å². The quantitative estimate of drug-likeness (QED) is 0.675. The van der Waals surface area contributed by atoms with E-state index < -0.39 is 6.04 Å². The number of carbonyl (C=O) groups excluding carboxylic acids is 2. The number of benzene rings is 2. The molecule has 4 nitrogen and oxygen atoms in total. The Hall–Kier alpha value is -2.92. The zero-order valence-electron chi connectivity index (χ0n) is 14.1. The summed E-state index contributed by atoms with van der Waals surface area (Å²) >= 11 is 1.44. The summed E-state index contributed by atoms with van der Waals surface area (Å²) in [6, 6.07) is 22.0. The van der Waals surface area contributed by atoms with Crippen LogP contribution in [0.4, 0.5) is 0 Å². The lowest BCUT2D eigenvalue weighted by atomic mass is 10.1. The van der Waals surface area contributed by atoms with E-state index in [4.69, 9.17) is 0 Å². The van der Waals surface area contributed by atoms with Crippen molar-refractivity contribution in [3.8, 4) is 0 Å². The summed E-state index contributed by atoms with van der Waals surface area (Å²) in [5, 5.41) is 7.59. The smallest absolute Gasteiger partial charge is 0.248 e. The van der Waals surface area contributed by atoms with Crippen LogP contribution in [0.25, 0.3) is 0 Å². The molecule has 2 N–H and O–H groups in total. The topological polar surface area (TPSA) is 58.2 Å². The van der Waals surface area contributed by atoms with Gasteiger partial charge in [-0.05, 0) is 22.6 Å². The van der Waals surface area contributed by atoms with Crippen molar-refractivity contribution in [2.75, 3.05) is 0 Å². The minimum absolute atomic E-state index is 0.230. The molecule has 2 aromatic carbocycles. The lowest BCUT2D eigenvalue weighted by Crippen LogP contribution is -2.40. The number of hydrogen-bond acceptors (Lipinski definition) is 3. The Morgan fingerprint density at radius 3 is 2.27 bits per heavy atom. The van der Waals surface area contributed by atoms with Crippen LogP contribution in [0.15, 0.2) is 78.2 Å². The molecular formula is C21H19N2O2S. The fourth-order valence-electron chi connectivity index (χ4n) is 2.49. The summed E-state index contributed by atoms with van der Waals surface area (Å²) in [7, 11) is 0. The van der Waals surface area contributed by atoms with Gasteiger partial charge in [0.1, 0.15) is 6.04 Å². The summed E-state index contributed by atoms with van der Waals surface area (Å²) < 4.78 is 0. The van der Waals surface area contributed by atoms with Gasteiger partial charge in [0, 0.05) is 11.4 Å². The molecule has 3 aromatic rings. The van der Waals surface area contributed by atoms with Gasteiger partial charge in [-0.1, -0.05) is 66.7 Å². The molecule has 0 aliphatic heterocycles. The molecule has 1 radical (unpaired) electrons. The highest BCUT2D eigenvalue weighted by atomic mass is 32.1. The largest absolute Gasteiger partial charge is 0.350 e. The van der Waals surface area contributed by atoms with Crippen LogP contribution in [0.2, 0.25) is 0 Å². The zero-order chi connectivity index (χ0) is 18.2. The third kappa shape index (κ3) is 5.04. The number of thiophene rings is 1. The summed E-state index contributed by atoms with van der Waals surface area (Å²) in [5.41, 5.74) is 1.80. The second-order valence-electron chi connectivity index (χ2n) is 5.72. The van der Waals surface area contributed by atoms with Gasteiger partial charge in [-0.3, -0.25) is 9.59 Å². The number of nitrogens with one attached hydrogen (secondary N) is 2. The second kappa shape index (κ2) is 8.97. The molecule has 26 heavy (non-hydrogen) atoms. The van der Waals surface area contributed by atoms with E-state index in [1.165, 1.54) is 17.8 Å². The van der Waals surface area contributed by atoms with Crippen LogP contribution in [0, 0.1) is 6.42 Å². The molecule has 0 saturated heterocycles. The van der Waals surface area contributed by atoms with E-state index in [0.29, 0.717) is 6.54 Å². The third-order valence-electron chi connectivity index (χ3n) is 3.78. The molecule has 1 atom stereocenters. The Kier molecular flexibility index (Phi) is 6.17. The van der Waals surface area contributed by atoms with Gasteiger partial charge in [0.15, 0.2) is 0 Å². The van der Waals surface area contributed by atoms with Crippen molar-refractivity contribution in [2.45, 2.75) is 12.6 Å². The summed E-state index contributed by atoms with van der Waals surface area (Å²) in [5.74, 6) is -0.532. The third-order valence-corrected chi connectivity index (χ3v) is 4.72. The number of amides is 2. The molecule has 0 aliphatic carbocycles. The maximum Gasteiger partial charge on any atom is 0.248 e. The van der Waals surface area contributed by atoms with Crippen molar-refractivity contribution in [3.63, 3.8) is 0 Å². The molecule has 0 bridgehead atoms. The lowest BCUT2D eigenvalue weighted by Gasteiger charge is -2.17. The van der Waals surface area contributed by atoms with Crippen LogP contribution >= 0.6 is 11.3 Å². The maximum atomic E-state index is 12.7. The zero-order valence-corrected chi connectivity index (χ0v) is 14.9. The van der Waals surface area contributed by atoms with E-state index in [1.54, 1.807) is 0 Å². The van der Waals surface area contributed by atoms with Gasteiger partial charge in [0.05, 0.1) is 6.42 Å². The van der Waals surface area contributed by atoms with Crippen molar-refractivity contribution < 1.29 is 9.59 Å². The first-order chi connectivity index (χ1) is 12.7. The highest BCUT2D eigenvalue weighted by Crippen LogP contribution is 2.20. The number of rotatable bonds is 7. The summed E-state index contributed by atoms with van der Waals surface area (Å²) in [6.45, 7) is 0.416.